The van der Waals surface area contributed by atoms with Gasteiger partial charge in [-0.3, -0.25) is 9.78 Å². The number of para-hydroxylation sites is 1. The zero-order valence-electron chi connectivity index (χ0n) is 10.7. The molecule has 0 bridgehead atoms. The Bertz CT molecular complexity index is 600. The molecule has 0 fully saturated rings. The van der Waals surface area contributed by atoms with Crippen molar-refractivity contribution in [2.45, 2.75) is 13.3 Å². The van der Waals surface area contributed by atoms with Crippen molar-refractivity contribution in [3.8, 4) is 0 Å². The van der Waals surface area contributed by atoms with Gasteiger partial charge in [-0.05, 0) is 40.5 Å². The lowest BCUT2D eigenvalue weighted by Gasteiger charge is -2.10. The quantitative estimate of drug-likeness (QED) is 0.909. The molecule has 0 radical (unpaired) electrons. The Labute approximate surface area is 120 Å². The first kappa shape index (κ1) is 14.0. The first-order valence-corrected chi connectivity index (χ1v) is 6.93. The largest absolute Gasteiger partial charge is 0.330 e. The summed E-state index contributed by atoms with van der Waals surface area (Å²) in [6, 6.07) is 7.69. The fourth-order valence-electron chi connectivity index (χ4n) is 1.84. The highest BCUT2D eigenvalue weighted by Crippen LogP contribution is 2.24. The van der Waals surface area contributed by atoms with Crippen LogP contribution in [0, 0.1) is 5.92 Å². The molecule has 1 aromatic carbocycles. The molecule has 2 aromatic rings. The van der Waals surface area contributed by atoms with E-state index >= 15 is 0 Å². The van der Waals surface area contributed by atoms with Gasteiger partial charge in [-0.15, -0.1) is 0 Å². The maximum Gasteiger partial charge on any atom is 0.224 e. The molecule has 0 aliphatic heterocycles. The van der Waals surface area contributed by atoms with E-state index in [0.717, 1.165) is 21.1 Å². The number of hydrogen-bond donors (Lipinski definition) is 2. The van der Waals surface area contributed by atoms with Crippen molar-refractivity contribution in [1.29, 1.82) is 0 Å². The van der Waals surface area contributed by atoms with Gasteiger partial charge in [0.25, 0.3) is 0 Å². The fourth-order valence-corrected chi connectivity index (χ4v) is 2.18. The molecule has 19 heavy (non-hydrogen) atoms. The van der Waals surface area contributed by atoms with Crippen LogP contribution in [0.25, 0.3) is 10.9 Å². The number of hydrogen-bond acceptors (Lipinski definition) is 3. The van der Waals surface area contributed by atoms with Crippen molar-refractivity contribution in [2.24, 2.45) is 11.7 Å². The van der Waals surface area contributed by atoms with Crippen molar-refractivity contribution in [3.63, 3.8) is 0 Å². The number of nitrogens with two attached hydrogens (primary N) is 1. The number of anilines is 1. The minimum atomic E-state index is -0.0323. The summed E-state index contributed by atoms with van der Waals surface area (Å²) in [6.07, 6.45) is 2.14. The number of amides is 1. The van der Waals surface area contributed by atoms with Crippen LogP contribution in [0.15, 0.2) is 34.9 Å². The van der Waals surface area contributed by atoms with E-state index in [1.807, 2.05) is 31.2 Å². The van der Waals surface area contributed by atoms with E-state index in [4.69, 9.17) is 5.73 Å². The maximum atomic E-state index is 11.9. The normalized spacial score (nSPS) is 12.4. The summed E-state index contributed by atoms with van der Waals surface area (Å²) in [5, 5.41) is 3.88. The third kappa shape index (κ3) is 3.52. The molecule has 1 amide bonds. The molecular formula is C14H16BrN3O. The van der Waals surface area contributed by atoms with Crippen molar-refractivity contribution >= 4 is 38.4 Å². The molecule has 0 spiro atoms. The number of carbonyl (C=O) groups excluding carboxylic acids is 1. The van der Waals surface area contributed by atoms with Crippen molar-refractivity contribution in [1.82, 2.24) is 4.98 Å². The molecule has 0 saturated carbocycles. The monoisotopic (exact) mass is 321 g/mol. The molecule has 1 unspecified atom stereocenters. The fraction of sp³-hybridized carbons (Fsp3) is 0.286. The van der Waals surface area contributed by atoms with Crippen LogP contribution < -0.4 is 11.1 Å². The van der Waals surface area contributed by atoms with E-state index in [2.05, 4.69) is 26.2 Å². The first-order valence-electron chi connectivity index (χ1n) is 6.14. The molecule has 1 heterocycles. The van der Waals surface area contributed by atoms with E-state index in [1.54, 1.807) is 6.20 Å². The zero-order chi connectivity index (χ0) is 13.8. The lowest BCUT2D eigenvalue weighted by molar-refractivity contribution is -0.116. The zero-order valence-corrected chi connectivity index (χ0v) is 12.3. The smallest absolute Gasteiger partial charge is 0.224 e. The second-order valence-corrected chi connectivity index (χ2v) is 5.54. The van der Waals surface area contributed by atoms with E-state index < -0.39 is 0 Å². The third-order valence-corrected chi connectivity index (χ3v) is 3.32. The summed E-state index contributed by atoms with van der Waals surface area (Å²) in [7, 11) is 0. The summed E-state index contributed by atoms with van der Waals surface area (Å²) in [6.45, 7) is 2.46. The van der Waals surface area contributed by atoms with Crippen LogP contribution in [-0.4, -0.2) is 17.4 Å². The molecule has 1 atom stereocenters. The standard InChI is InChI=1S/C14H16BrN3O/c1-9(7-16)5-13(19)18-12-4-2-3-10-6-11(15)8-17-14(10)12/h2-4,6,8-9H,5,7,16H2,1H3,(H,18,19). The van der Waals surface area contributed by atoms with Gasteiger partial charge in [-0.2, -0.15) is 0 Å². The highest BCUT2D eigenvalue weighted by atomic mass is 79.9. The van der Waals surface area contributed by atoms with Crippen LogP contribution in [-0.2, 0) is 4.79 Å². The molecule has 0 aliphatic carbocycles. The number of carbonyl (C=O) groups is 1. The molecule has 3 N–H and O–H groups in total. The van der Waals surface area contributed by atoms with Gasteiger partial charge in [0.2, 0.25) is 5.91 Å². The highest BCUT2D eigenvalue weighted by molar-refractivity contribution is 9.10. The Hall–Kier alpha value is -1.46. The van der Waals surface area contributed by atoms with Gasteiger partial charge in [0.05, 0.1) is 11.2 Å². The van der Waals surface area contributed by atoms with Crippen LogP contribution >= 0.6 is 15.9 Å². The molecule has 0 saturated heterocycles. The minimum absolute atomic E-state index is 0.0323. The Morgan fingerprint density at radius 3 is 3.05 bits per heavy atom. The number of nitrogens with zero attached hydrogens (tertiary/aromatic N) is 1. The predicted octanol–water partition coefficient (Wildman–Crippen LogP) is 2.92. The Balaban J connectivity index is 2.23. The number of halogens is 1. The average molecular weight is 322 g/mol. The minimum Gasteiger partial charge on any atom is -0.330 e. The predicted molar refractivity (Wildman–Crippen MR) is 80.9 cm³/mol. The van der Waals surface area contributed by atoms with Gasteiger partial charge in [0.1, 0.15) is 0 Å². The summed E-state index contributed by atoms with van der Waals surface area (Å²) < 4.78 is 0.917. The molecular weight excluding hydrogens is 306 g/mol. The Morgan fingerprint density at radius 1 is 1.53 bits per heavy atom. The van der Waals surface area contributed by atoms with Gasteiger partial charge in [0.15, 0.2) is 0 Å². The van der Waals surface area contributed by atoms with Crippen LogP contribution in [0.4, 0.5) is 5.69 Å². The number of nitrogens with one attached hydrogen (secondary N) is 1. The van der Waals surface area contributed by atoms with Crippen molar-refractivity contribution in [2.75, 3.05) is 11.9 Å². The van der Waals surface area contributed by atoms with Gasteiger partial charge in [0, 0.05) is 22.5 Å². The lowest BCUT2D eigenvalue weighted by atomic mass is 10.1. The maximum absolute atomic E-state index is 11.9. The SMILES string of the molecule is CC(CN)CC(=O)Nc1cccc2cc(Br)cnc12. The highest BCUT2D eigenvalue weighted by Gasteiger charge is 2.10. The van der Waals surface area contributed by atoms with E-state index in [1.165, 1.54) is 0 Å². The van der Waals surface area contributed by atoms with Crippen LogP contribution in [0.3, 0.4) is 0 Å². The summed E-state index contributed by atoms with van der Waals surface area (Å²) in [4.78, 5) is 16.2. The lowest BCUT2D eigenvalue weighted by Crippen LogP contribution is -2.20. The molecule has 100 valence electrons. The van der Waals surface area contributed by atoms with Crippen molar-refractivity contribution in [3.05, 3.63) is 34.9 Å². The Morgan fingerprint density at radius 2 is 2.32 bits per heavy atom. The van der Waals surface area contributed by atoms with Crippen LogP contribution in [0.2, 0.25) is 0 Å². The van der Waals surface area contributed by atoms with Gasteiger partial charge in [-0.1, -0.05) is 19.1 Å². The van der Waals surface area contributed by atoms with Gasteiger partial charge in [-0.25, -0.2) is 0 Å². The summed E-state index contributed by atoms with van der Waals surface area (Å²) >= 11 is 3.39. The molecule has 4 nitrogen and oxygen atoms in total. The van der Waals surface area contributed by atoms with Crippen molar-refractivity contribution < 1.29 is 4.79 Å². The third-order valence-electron chi connectivity index (χ3n) is 2.89. The number of aromatic nitrogens is 1. The van der Waals surface area contributed by atoms with Crippen LogP contribution in [0.1, 0.15) is 13.3 Å². The number of pyridine rings is 1. The van der Waals surface area contributed by atoms with Gasteiger partial charge >= 0.3 is 0 Å². The average Bonchev–Trinajstić information content (AvgIpc) is 2.38. The second-order valence-electron chi connectivity index (χ2n) is 4.62. The second kappa shape index (κ2) is 6.12. The molecule has 1 aromatic heterocycles. The molecule has 0 aliphatic rings. The molecule has 5 heteroatoms. The number of benzene rings is 1. The first-order chi connectivity index (χ1) is 9.10. The topological polar surface area (TPSA) is 68.0 Å². The number of rotatable bonds is 4. The van der Waals surface area contributed by atoms with E-state index in [-0.39, 0.29) is 11.8 Å². The summed E-state index contributed by atoms with van der Waals surface area (Å²) in [5.74, 6) is 0.146. The summed E-state index contributed by atoms with van der Waals surface area (Å²) in [5.41, 5.74) is 7.05. The van der Waals surface area contributed by atoms with Gasteiger partial charge < -0.3 is 11.1 Å². The van der Waals surface area contributed by atoms with E-state index in [0.29, 0.717) is 13.0 Å². The number of fused-ring (bicyclic) bond motifs is 1. The van der Waals surface area contributed by atoms with Crippen LogP contribution in [0.5, 0.6) is 0 Å². The Kier molecular flexibility index (Phi) is 4.50. The van der Waals surface area contributed by atoms with E-state index in [9.17, 15) is 4.79 Å². The molecule has 2 rings (SSSR count).